The van der Waals surface area contributed by atoms with Crippen LogP contribution in [0, 0.1) is 5.92 Å². The average molecular weight is 653 g/mol. The van der Waals surface area contributed by atoms with Crippen molar-refractivity contribution >= 4 is 34.5 Å². The standard InChI is InChI=1S/C38H48N6O4/c1-4-48-26-25-43-34-14-9-8-13-33(34)40-38(43)42-20-10-19-41(23-24-42)21-17-30-18-22-44(36(30)29-11-6-5-7-12-29)37(46)32-27-31(39-28(2)45)15-16-35(32)47-3/h5-9,11-16,27,30,36H,4,10,17-26H2,1-3H3,(H,39,45). The lowest BCUT2D eigenvalue weighted by molar-refractivity contribution is -0.114. The van der Waals surface area contributed by atoms with Crippen LogP contribution in [-0.2, 0) is 16.1 Å². The third-order valence-electron chi connectivity index (χ3n) is 9.66. The molecule has 0 bridgehead atoms. The Morgan fingerprint density at radius 2 is 1.75 bits per heavy atom. The first-order valence-corrected chi connectivity index (χ1v) is 17.3. The van der Waals surface area contributed by atoms with E-state index in [0.717, 1.165) is 81.1 Å². The number of carbonyl (C=O) groups excluding carboxylic acids is 2. The summed E-state index contributed by atoms with van der Waals surface area (Å²) in [5.74, 6) is 1.60. The molecule has 2 atom stereocenters. The van der Waals surface area contributed by atoms with Crippen molar-refractivity contribution in [2.45, 2.75) is 45.7 Å². The molecule has 2 fully saturated rings. The second-order valence-electron chi connectivity index (χ2n) is 12.7. The Morgan fingerprint density at radius 3 is 2.54 bits per heavy atom. The zero-order valence-electron chi connectivity index (χ0n) is 28.4. The van der Waals surface area contributed by atoms with Crippen LogP contribution in [0.4, 0.5) is 11.6 Å². The molecular formula is C38H48N6O4. The molecule has 0 spiro atoms. The van der Waals surface area contributed by atoms with Gasteiger partial charge in [-0.15, -0.1) is 0 Å². The van der Waals surface area contributed by atoms with Crippen molar-refractivity contribution in [1.29, 1.82) is 0 Å². The van der Waals surface area contributed by atoms with Crippen LogP contribution in [0.15, 0.2) is 72.8 Å². The number of aromatic nitrogens is 2. The minimum atomic E-state index is -0.182. The van der Waals surface area contributed by atoms with Gasteiger partial charge in [-0.05, 0) is 81.1 Å². The maximum atomic E-state index is 14.2. The van der Waals surface area contributed by atoms with Crippen LogP contribution >= 0.6 is 0 Å². The molecule has 48 heavy (non-hydrogen) atoms. The van der Waals surface area contributed by atoms with E-state index in [2.05, 4.69) is 68.2 Å². The molecule has 6 rings (SSSR count). The van der Waals surface area contributed by atoms with Gasteiger partial charge in [0.25, 0.3) is 5.91 Å². The first kappa shape index (κ1) is 33.5. The fraction of sp³-hybridized carbons (Fsp3) is 0.447. The lowest BCUT2D eigenvalue weighted by atomic mass is 9.90. The fourth-order valence-corrected chi connectivity index (χ4v) is 7.37. The van der Waals surface area contributed by atoms with Crippen molar-refractivity contribution in [2.24, 2.45) is 5.92 Å². The Bertz CT molecular complexity index is 1690. The van der Waals surface area contributed by atoms with Crippen molar-refractivity contribution in [3.63, 3.8) is 0 Å². The molecule has 0 radical (unpaired) electrons. The number of anilines is 2. The SMILES string of the molecule is CCOCCn1c(N2CCCN(CCC3CCN(C(=O)c4cc(NC(C)=O)ccc4OC)C3c3ccccc3)CC2)nc2ccccc21. The highest BCUT2D eigenvalue weighted by molar-refractivity contribution is 5.99. The molecule has 3 aromatic carbocycles. The molecule has 254 valence electrons. The zero-order chi connectivity index (χ0) is 33.5. The number of para-hydroxylation sites is 2. The van der Waals surface area contributed by atoms with Gasteiger partial charge in [-0.25, -0.2) is 4.98 Å². The largest absolute Gasteiger partial charge is 0.496 e. The molecule has 1 N–H and O–H groups in total. The summed E-state index contributed by atoms with van der Waals surface area (Å²) < 4.78 is 13.6. The summed E-state index contributed by atoms with van der Waals surface area (Å²) in [6.45, 7) is 11.2. The summed E-state index contributed by atoms with van der Waals surface area (Å²) in [5, 5.41) is 2.80. The number of hydrogen-bond acceptors (Lipinski definition) is 7. The van der Waals surface area contributed by atoms with Crippen molar-refractivity contribution in [2.75, 3.05) is 69.8 Å². The summed E-state index contributed by atoms with van der Waals surface area (Å²) in [7, 11) is 1.57. The normalized spacial score (nSPS) is 18.6. The first-order valence-electron chi connectivity index (χ1n) is 17.3. The quantitative estimate of drug-likeness (QED) is 0.192. The highest BCUT2D eigenvalue weighted by atomic mass is 16.5. The predicted octanol–water partition coefficient (Wildman–Crippen LogP) is 5.85. The van der Waals surface area contributed by atoms with Crippen LogP contribution in [0.1, 0.15) is 55.1 Å². The molecule has 1 aromatic heterocycles. The van der Waals surface area contributed by atoms with E-state index in [-0.39, 0.29) is 17.9 Å². The van der Waals surface area contributed by atoms with Gasteiger partial charge in [-0.2, -0.15) is 0 Å². The fourth-order valence-electron chi connectivity index (χ4n) is 7.37. The van der Waals surface area contributed by atoms with Gasteiger partial charge in [-0.3, -0.25) is 9.59 Å². The number of nitrogens with one attached hydrogen (secondary N) is 1. The number of ether oxygens (including phenoxy) is 2. The third kappa shape index (κ3) is 7.50. The molecule has 2 saturated heterocycles. The molecule has 0 saturated carbocycles. The van der Waals surface area contributed by atoms with Gasteiger partial charge in [0.1, 0.15) is 5.75 Å². The van der Waals surface area contributed by atoms with Gasteiger partial charge in [-0.1, -0.05) is 42.5 Å². The second kappa shape index (κ2) is 15.7. The van der Waals surface area contributed by atoms with Crippen molar-refractivity contribution < 1.29 is 19.1 Å². The molecular weight excluding hydrogens is 604 g/mol. The van der Waals surface area contributed by atoms with Crippen LogP contribution in [-0.4, -0.2) is 90.8 Å². The topological polar surface area (TPSA) is 92.2 Å². The summed E-state index contributed by atoms with van der Waals surface area (Å²) in [6.07, 6.45) is 3.00. The monoisotopic (exact) mass is 652 g/mol. The highest BCUT2D eigenvalue weighted by Crippen LogP contribution is 2.41. The Labute approximate surface area is 283 Å². The molecule has 2 aliphatic heterocycles. The molecule has 2 unspecified atom stereocenters. The molecule has 2 amide bonds. The Morgan fingerprint density at radius 1 is 0.938 bits per heavy atom. The zero-order valence-corrected chi connectivity index (χ0v) is 28.4. The molecule has 10 heteroatoms. The van der Waals surface area contributed by atoms with Gasteiger partial charge >= 0.3 is 0 Å². The van der Waals surface area contributed by atoms with E-state index in [1.54, 1.807) is 25.3 Å². The van der Waals surface area contributed by atoms with Crippen molar-refractivity contribution in [3.8, 4) is 5.75 Å². The number of methoxy groups -OCH3 is 1. The number of imidazole rings is 1. The maximum absolute atomic E-state index is 14.2. The average Bonchev–Trinajstić information content (AvgIpc) is 3.61. The van der Waals surface area contributed by atoms with Crippen LogP contribution in [0.3, 0.4) is 0 Å². The van der Waals surface area contributed by atoms with E-state index in [4.69, 9.17) is 14.5 Å². The molecule has 4 aromatic rings. The smallest absolute Gasteiger partial charge is 0.258 e. The second-order valence-corrected chi connectivity index (χ2v) is 12.7. The Kier molecular flexibility index (Phi) is 10.9. The molecule has 3 heterocycles. The van der Waals surface area contributed by atoms with Crippen LogP contribution in [0.5, 0.6) is 5.75 Å². The van der Waals surface area contributed by atoms with E-state index in [1.165, 1.54) is 6.92 Å². The van der Waals surface area contributed by atoms with Gasteiger partial charge in [0.15, 0.2) is 0 Å². The number of amides is 2. The van der Waals surface area contributed by atoms with Crippen LogP contribution in [0.2, 0.25) is 0 Å². The number of hydrogen-bond donors (Lipinski definition) is 1. The minimum absolute atomic E-state index is 0.0402. The maximum Gasteiger partial charge on any atom is 0.258 e. The third-order valence-corrected chi connectivity index (χ3v) is 9.66. The number of fused-ring (bicyclic) bond motifs is 1. The van der Waals surface area contributed by atoms with Crippen molar-refractivity contribution in [1.82, 2.24) is 19.4 Å². The highest BCUT2D eigenvalue weighted by Gasteiger charge is 2.39. The Hall–Kier alpha value is -4.41. The van der Waals surface area contributed by atoms with E-state index >= 15 is 0 Å². The summed E-state index contributed by atoms with van der Waals surface area (Å²) in [5.41, 5.74) is 4.37. The minimum Gasteiger partial charge on any atom is -0.496 e. The van der Waals surface area contributed by atoms with E-state index in [1.807, 2.05) is 17.9 Å². The van der Waals surface area contributed by atoms with Gasteiger partial charge in [0, 0.05) is 51.9 Å². The summed E-state index contributed by atoms with van der Waals surface area (Å²) >= 11 is 0. The van der Waals surface area contributed by atoms with Gasteiger partial charge < -0.3 is 34.1 Å². The van der Waals surface area contributed by atoms with Gasteiger partial charge in [0.05, 0.1) is 36.4 Å². The first-order chi connectivity index (χ1) is 23.5. The van der Waals surface area contributed by atoms with Crippen molar-refractivity contribution in [3.05, 3.63) is 83.9 Å². The molecule has 0 aliphatic carbocycles. The molecule has 10 nitrogen and oxygen atoms in total. The number of carbonyl (C=O) groups is 2. The summed E-state index contributed by atoms with van der Waals surface area (Å²) in [4.78, 5) is 38.0. The van der Waals surface area contributed by atoms with Crippen LogP contribution in [0.25, 0.3) is 11.0 Å². The Balaban J connectivity index is 1.15. The summed E-state index contributed by atoms with van der Waals surface area (Å²) in [6, 6.07) is 24.0. The lowest BCUT2D eigenvalue weighted by Gasteiger charge is -2.31. The molecule has 2 aliphatic rings. The predicted molar refractivity (Wildman–Crippen MR) is 190 cm³/mol. The number of likely N-dealkylation sites (tertiary alicyclic amines) is 1. The van der Waals surface area contributed by atoms with Crippen LogP contribution < -0.4 is 15.0 Å². The van der Waals surface area contributed by atoms with E-state index in [9.17, 15) is 9.59 Å². The van der Waals surface area contributed by atoms with E-state index in [0.29, 0.717) is 42.7 Å². The number of nitrogens with zero attached hydrogens (tertiary/aromatic N) is 5. The number of benzene rings is 3. The lowest BCUT2D eigenvalue weighted by Crippen LogP contribution is -2.35. The van der Waals surface area contributed by atoms with Gasteiger partial charge in [0.2, 0.25) is 11.9 Å². The van der Waals surface area contributed by atoms with E-state index < -0.39 is 0 Å². The number of rotatable bonds is 12.